The van der Waals surface area contributed by atoms with E-state index in [4.69, 9.17) is 5.73 Å². The summed E-state index contributed by atoms with van der Waals surface area (Å²) in [6.07, 6.45) is 0. The third-order valence-corrected chi connectivity index (χ3v) is 3.14. The van der Waals surface area contributed by atoms with Crippen LogP contribution < -0.4 is 5.73 Å². The predicted octanol–water partition coefficient (Wildman–Crippen LogP) is -0.174. The van der Waals surface area contributed by atoms with Gasteiger partial charge in [0.1, 0.15) is 0 Å². The van der Waals surface area contributed by atoms with Crippen molar-refractivity contribution in [3.8, 4) is 0 Å². The average Bonchev–Trinajstić information content (AvgIpc) is 2.02. The Hall–Kier alpha value is -1.01. The van der Waals surface area contributed by atoms with Gasteiger partial charge in [0.15, 0.2) is 0 Å². The highest BCUT2D eigenvalue weighted by Crippen LogP contribution is 2.06. The molecule has 0 aromatic carbocycles. The molecule has 0 aliphatic carbocycles. The first-order valence-corrected chi connectivity index (χ1v) is 5.86. The first-order chi connectivity index (χ1) is 6.45. The van der Waals surface area contributed by atoms with Crippen molar-refractivity contribution in [2.75, 3.05) is 12.3 Å². The first kappa shape index (κ1) is 11.1. The third-order valence-electron chi connectivity index (χ3n) is 1.63. The van der Waals surface area contributed by atoms with Crippen molar-refractivity contribution in [2.45, 2.75) is 19.0 Å². The van der Waals surface area contributed by atoms with Crippen molar-refractivity contribution in [2.24, 2.45) is 5.73 Å². The van der Waals surface area contributed by atoms with Gasteiger partial charge >= 0.3 is 0 Å². The highest BCUT2D eigenvalue weighted by molar-refractivity contribution is 7.91. The fourth-order valence-electron chi connectivity index (χ4n) is 1.08. The summed E-state index contributed by atoms with van der Waals surface area (Å²) in [5, 5.41) is -0.125. The van der Waals surface area contributed by atoms with E-state index < -0.39 is 9.84 Å². The fraction of sp³-hybridized carbons (Fsp3) is 0.500. The normalized spacial score (nSPS) is 11.6. The second-order valence-electron chi connectivity index (χ2n) is 3.04. The molecule has 0 aliphatic heterocycles. The molecule has 1 aromatic rings. The van der Waals surface area contributed by atoms with Gasteiger partial charge in [0.2, 0.25) is 15.0 Å². The van der Waals surface area contributed by atoms with E-state index in [1.807, 2.05) is 0 Å². The van der Waals surface area contributed by atoms with Gasteiger partial charge in [0.25, 0.3) is 0 Å². The maximum Gasteiger partial charge on any atom is 0.247 e. The monoisotopic (exact) mass is 215 g/mol. The molecule has 5 nitrogen and oxygen atoms in total. The van der Waals surface area contributed by atoms with Crippen LogP contribution in [-0.2, 0) is 9.84 Å². The van der Waals surface area contributed by atoms with Crippen LogP contribution in [0.3, 0.4) is 0 Å². The van der Waals surface area contributed by atoms with Gasteiger partial charge in [-0.05, 0) is 19.9 Å². The molecule has 0 amide bonds. The van der Waals surface area contributed by atoms with Crippen molar-refractivity contribution in [3.05, 3.63) is 17.5 Å². The molecule has 0 radical (unpaired) electrons. The number of nitrogens with zero attached hydrogens (tertiary/aromatic N) is 2. The molecule has 1 heterocycles. The van der Waals surface area contributed by atoms with Crippen LogP contribution in [0.4, 0.5) is 0 Å². The van der Waals surface area contributed by atoms with Crippen LogP contribution in [0.5, 0.6) is 0 Å². The molecule has 0 bridgehead atoms. The molecule has 14 heavy (non-hydrogen) atoms. The highest BCUT2D eigenvalue weighted by Gasteiger charge is 2.17. The number of hydrogen-bond donors (Lipinski definition) is 1. The van der Waals surface area contributed by atoms with Gasteiger partial charge in [-0.1, -0.05) is 0 Å². The Morgan fingerprint density at radius 2 is 1.79 bits per heavy atom. The second-order valence-corrected chi connectivity index (χ2v) is 5.04. The van der Waals surface area contributed by atoms with Crippen LogP contribution >= 0.6 is 0 Å². The lowest BCUT2D eigenvalue weighted by molar-refractivity contribution is 0.585. The third kappa shape index (κ3) is 2.49. The van der Waals surface area contributed by atoms with E-state index in [9.17, 15) is 8.42 Å². The Morgan fingerprint density at radius 3 is 2.21 bits per heavy atom. The molecule has 0 saturated heterocycles. The molecular weight excluding hydrogens is 202 g/mol. The van der Waals surface area contributed by atoms with Gasteiger partial charge in [-0.25, -0.2) is 18.4 Å². The molecule has 2 N–H and O–H groups in total. The lowest BCUT2D eigenvalue weighted by Gasteiger charge is -2.03. The van der Waals surface area contributed by atoms with Gasteiger partial charge in [-0.15, -0.1) is 0 Å². The summed E-state index contributed by atoms with van der Waals surface area (Å²) in [7, 11) is -3.40. The largest absolute Gasteiger partial charge is 0.329 e. The predicted molar refractivity (Wildman–Crippen MR) is 52.6 cm³/mol. The zero-order valence-electron chi connectivity index (χ0n) is 8.19. The van der Waals surface area contributed by atoms with E-state index in [1.165, 1.54) is 0 Å². The molecule has 6 heteroatoms. The zero-order valence-corrected chi connectivity index (χ0v) is 9.00. The quantitative estimate of drug-likeness (QED) is 0.707. The number of nitrogens with two attached hydrogens (primary N) is 1. The van der Waals surface area contributed by atoms with Crippen LogP contribution in [0, 0.1) is 13.8 Å². The van der Waals surface area contributed by atoms with Crippen molar-refractivity contribution in [3.63, 3.8) is 0 Å². The summed E-state index contributed by atoms with van der Waals surface area (Å²) < 4.78 is 23.1. The Morgan fingerprint density at radius 1 is 1.29 bits per heavy atom. The molecule has 0 fully saturated rings. The van der Waals surface area contributed by atoms with E-state index in [1.54, 1.807) is 19.9 Å². The minimum atomic E-state index is -3.40. The lowest BCUT2D eigenvalue weighted by Crippen LogP contribution is -2.18. The number of aromatic nitrogens is 2. The smallest absolute Gasteiger partial charge is 0.247 e. The number of aryl methyl sites for hydroxylation is 2. The average molecular weight is 215 g/mol. The summed E-state index contributed by atoms with van der Waals surface area (Å²) >= 11 is 0. The Labute approximate surface area is 83.3 Å². The molecule has 0 aliphatic rings. The number of rotatable bonds is 3. The number of sulfone groups is 1. The van der Waals surface area contributed by atoms with E-state index >= 15 is 0 Å². The Kier molecular flexibility index (Phi) is 3.17. The molecule has 1 rings (SSSR count). The molecule has 0 atom stereocenters. The minimum Gasteiger partial charge on any atom is -0.329 e. The summed E-state index contributed by atoms with van der Waals surface area (Å²) in [5.74, 6) is -0.115. The van der Waals surface area contributed by atoms with Crippen LogP contribution in [0.25, 0.3) is 0 Å². The summed E-state index contributed by atoms with van der Waals surface area (Å²) in [5.41, 5.74) is 6.49. The van der Waals surface area contributed by atoms with E-state index in [2.05, 4.69) is 9.97 Å². The standard InChI is InChI=1S/C8H13N3O2S/c1-6-5-7(2)11-8(10-6)14(12,13)4-3-9/h5H,3-4,9H2,1-2H3. The molecule has 0 spiro atoms. The zero-order chi connectivity index (χ0) is 10.8. The van der Waals surface area contributed by atoms with Gasteiger partial charge in [-0.3, -0.25) is 0 Å². The summed E-state index contributed by atoms with van der Waals surface area (Å²) in [4.78, 5) is 7.74. The number of hydrogen-bond acceptors (Lipinski definition) is 5. The first-order valence-electron chi connectivity index (χ1n) is 4.21. The minimum absolute atomic E-state index is 0.0820. The van der Waals surface area contributed by atoms with Crippen LogP contribution in [-0.4, -0.2) is 30.7 Å². The molecule has 78 valence electrons. The molecule has 0 unspecified atom stereocenters. The van der Waals surface area contributed by atoms with E-state index in [0.29, 0.717) is 11.4 Å². The van der Waals surface area contributed by atoms with Crippen molar-refractivity contribution in [1.82, 2.24) is 9.97 Å². The molecule has 1 aromatic heterocycles. The van der Waals surface area contributed by atoms with Crippen LogP contribution in [0.15, 0.2) is 11.2 Å². The SMILES string of the molecule is Cc1cc(C)nc(S(=O)(=O)CCN)n1. The maximum absolute atomic E-state index is 11.5. The summed E-state index contributed by atoms with van der Waals surface area (Å²) in [6, 6.07) is 1.72. The van der Waals surface area contributed by atoms with Crippen molar-refractivity contribution >= 4 is 9.84 Å². The van der Waals surface area contributed by atoms with Crippen molar-refractivity contribution < 1.29 is 8.42 Å². The Balaban J connectivity index is 3.19. The fourth-order valence-corrected chi connectivity index (χ4v) is 2.14. The van der Waals surface area contributed by atoms with Gasteiger partial charge in [0.05, 0.1) is 5.75 Å². The van der Waals surface area contributed by atoms with Crippen molar-refractivity contribution in [1.29, 1.82) is 0 Å². The molecular formula is C8H13N3O2S. The van der Waals surface area contributed by atoms with Gasteiger partial charge in [0, 0.05) is 17.9 Å². The van der Waals surface area contributed by atoms with Crippen LogP contribution in [0.1, 0.15) is 11.4 Å². The van der Waals surface area contributed by atoms with E-state index in [0.717, 1.165) is 0 Å². The highest BCUT2D eigenvalue weighted by atomic mass is 32.2. The molecule has 0 saturated carbocycles. The maximum atomic E-state index is 11.5. The van der Waals surface area contributed by atoms with Crippen LogP contribution in [0.2, 0.25) is 0 Å². The second kappa shape index (κ2) is 4.02. The summed E-state index contributed by atoms with van der Waals surface area (Å²) in [6.45, 7) is 3.55. The van der Waals surface area contributed by atoms with E-state index in [-0.39, 0.29) is 17.5 Å². The topological polar surface area (TPSA) is 85.9 Å². The van der Waals surface area contributed by atoms with Gasteiger partial charge in [-0.2, -0.15) is 0 Å². The Bertz CT molecular complexity index is 408. The van der Waals surface area contributed by atoms with Gasteiger partial charge < -0.3 is 5.73 Å². The lowest BCUT2D eigenvalue weighted by atomic mass is 10.4.